The Morgan fingerprint density at radius 3 is 2.59 bits per heavy atom. The Kier molecular flexibility index (Phi) is 5.81. The van der Waals surface area contributed by atoms with Gasteiger partial charge in [0, 0.05) is 29.7 Å². The number of nitrogens with one attached hydrogen (secondary N) is 1. The van der Waals surface area contributed by atoms with Crippen LogP contribution in [0.25, 0.3) is 0 Å². The van der Waals surface area contributed by atoms with Crippen molar-refractivity contribution in [2.75, 3.05) is 30.4 Å². The third-order valence-corrected chi connectivity index (χ3v) is 4.78. The number of ether oxygens (including phenoxy) is 1. The minimum atomic E-state index is -0.469. The number of benzene rings is 2. The van der Waals surface area contributed by atoms with Crippen LogP contribution >= 0.6 is 11.6 Å². The van der Waals surface area contributed by atoms with Gasteiger partial charge in [-0.2, -0.15) is 0 Å². The summed E-state index contributed by atoms with van der Waals surface area (Å²) in [5, 5.41) is 14.7. The summed E-state index contributed by atoms with van der Waals surface area (Å²) in [6.07, 6.45) is 3.15. The predicted octanol–water partition coefficient (Wildman–Crippen LogP) is 4.50. The van der Waals surface area contributed by atoms with Gasteiger partial charge in [0.25, 0.3) is 11.6 Å². The summed E-state index contributed by atoms with van der Waals surface area (Å²) in [7, 11) is 1.48. The highest BCUT2D eigenvalue weighted by Crippen LogP contribution is 2.32. The first kappa shape index (κ1) is 19.0. The van der Waals surface area contributed by atoms with Crippen molar-refractivity contribution in [3.8, 4) is 5.75 Å². The molecule has 0 spiro atoms. The van der Waals surface area contributed by atoms with Crippen molar-refractivity contribution in [3.05, 3.63) is 57.1 Å². The Labute approximate surface area is 162 Å². The summed E-state index contributed by atoms with van der Waals surface area (Å²) in [6.45, 7) is 1.57. The van der Waals surface area contributed by atoms with Gasteiger partial charge in [-0.3, -0.25) is 14.9 Å². The number of rotatable bonds is 5. The van der Waals surface area contributed by atoms with Gasteiger partial charge in [0.1, 0.15) is 11.4 Å². The van der Waals surface area contributed by atoms with Crippen LogP contribution in [0.15, 0.2) is 36.4 Å². The third-order valence-electron chi connectivity index (χ3n) is 4.54. The molecule has 0 unspecified atom stereocenters. The van der Waals surface area contributed by atoms with Gasteiger partial charge in [-0.15, -0.1) is 0 Å². The molecule has 0 aromatic heterocycles. The van der Waals surface area contributed by atoms with Gasteiger partial charge >= 0.3 is 0 Å². The van der Waals surface area contributed by atoms with Crippen molar-refractivity contribution in [2.24, 2.45) is 0 Å². The van der Waals surface area contributed by atoms with E-state index in [4.69, 9.17) is 16.3 Å². The lowest BCUT2D eigenvalue weighted by Gasteiger charge is -2.28. The molecule has 1 aliphatic heterocycles. The second-order valence-corrected chi connectivity index (χ2v) is 6.74. The molecule has 8 heteroatoms. The molecule has 1 N–H and O–H groups in total. The molecular formula is C19H20ClN3O4. The zero-order valence-corrected chi connectivity index (χ0v) is 15.7. The summed E-state index contributed by atoms with van der Waals surface area (Å²) in [6, 6.07) is 9.41. The van der Waals surface area contributed by atoms with E-state index in [1.807, 2.05) is 4.90 Å². The largest absolute Gasteiger partial charge is 0.495 e. The lowest BCUT2D eigenvalue weighted by atomic mass is 10.1. The van der Waals surface area contributed by atoms with Crippen molar-refractivity contribution in [3.63, 3.8) is 0 Å². The number of piperidine rings is 1. The van der Waals surface area contributed by atoms with Crippen LogP contribution in [0, 0.1) is 10.1 Å². The fourth-order valence-electron chi connectivity index (χ4n) is 3.19. The molecule has 3 rings (SSSR count). The number of anilines is 2. The van der Waals surface area contributed by atoms with Crippen LogP contribution in [0.5, 0.6) is 5.75 Å². The Bertz CT molecular complexity index is 866. The molecule has 1 amide bonds. The standard InChI is InChI=1S/C19H20ClN3O4/c1-27-18-8-6-14(20)12-15(18)21-19(24)13-5-7-16(17(11-13)23(25)26)22-9-3-2-4-10-22/h5-8,11-12H,2-4,9-10H2,1H3,(H,21,24). The first-order chi connectivity index (χ1) is 13.0. The topological polar surface area (TPSA) is 84.7 Å². The maximum Gasteiger partial charge on any atom is 0.293 e. The molecule has 1 saturated heterocycles. The molecule has 2 aromatic rings. The second-order valence-electron chi connectivity index (χ2n) is 6.31. The van der Waals surface area contributed by atoms with Crippen molar-refractivity contribution >= 4 is 34.6 Å². The molecule has 0 saturated carbocycles. The molecule has 2 aromatic carbocycles. The Morgan fingerprint density at radius 1 is 1.19 bits per heavy atom. The van der Waals surface area contributed by atoms with E-state index >= 15 is 0 Å². The summed E-state index contributed by atoms with van der Waals surface area (Å²) in [5.41, 5.74) is 1.08. The monoisotopic (exact) mass is 389 g/mol. The van der Waals surface area contributed by atoms with E-state index in [0.29, 0.717) is 22.1 Å². The number of nitro groups is 1. The van der Waals surface area contributed by atoms with E-state index in [0.717, 1.165) is 32.4 Å². The number of amides is 1. The summed E-state index contributed by atoms with van der Waals surface area (Å²) < 4.78 is 5.21. The maximum absolute atomic E-state index is 12.6. The van der Waals surface area contributed by atoms with Crippen LogP contribution in [0.1, 0.15) is 29.6 Å². The Morgan fingerprint density at radius 2 is 1.93 bits per heavy atom. The van der Waals surface area contributed by atoms with Gasteiger partial charge in [-0.05, 0) is 49.6 Å². The highest BCUT2D eigenvalue weighted by Gasteiger charge is 2.23. The van der Waals surface area contributed by atoms with E-state index in [9.17, 15) is 14.9 Å². The van der Waals surface area contributed by atoms with Gasteiger partial charge in [0.15, 0.2) is 0 Å². The number of carbonyl (C=O) groups excluding carboxylic acids is 1. The zero-order valence-electron chi connectivity index (χ0n) is 14.9. The molecule has 1 fully saturated rings. The lowest BCUT2D eigenvalue weighted by Crippen LogP contribution is -2.30. The average Bonchev–Trinajstić information content (AvgIpc) is 2.68. The van der Waals surface area contributed by atoms with Gasteiger partial charge < -0.3 is 15.0 Å². The van der Waals surface area contributed by atoms with Gasteiger partial charge in [-0.1, -0.05) is 11.6 Å². The normalized spacial score (nSPS) is 13.9. The number of hydrogen-bond acceptors (Lipinski definition) is 5. The maximum atomic E-state index is 12.6. The number of nitrogens with zero attached hydrogens (tertiary/aromatic N) is 2. The smallest absolute Gasteiger partial charge is 0.293 e. The van der Waals surface area contributed by atoms with Crippen LogP contribution in [0.3, 0.4) is 0 Å². The number of methoxy groups -OCH3 is 1. The van der Waals surface area contributed by atoms with Crippen LogP contribution in [-0.2, 0) is 0 Å². The quantitative estimate of drug-likeness (QED) is 0.601. The van der Waals surface area contributed by atoms with E-state index < -0.39 is 10.8 Å². The fraction of sp³-hybridized carbons (Fsp3) is 0.316. The van der Waals surface area contributed by atoms with E-state index in [2.05, 4.69) is 5.32 Å². The van der Waals surface area contributed by atoms with Crippen molar-refractivity contribution in [1.29, 1.82) is 0 Å². The predicted molar refractivity (Wildman–Crippen MR) is 105 cm³/mol. The fourth-order valence-corrected chi connectivity index (χ4v) is 3.36. The summed E-state index contributed by atoms with van der Waals surface area (Å²) >= 11 is 5.98. The van der Waals surface area contributed by atoms with Crippen molar-refractivity contribution in [2.45, 2.75) is 19.3 Å². The van der Waals surface area contributed by atoms with Crippen LogP contribution in [0.2, 0.25) is 5.02 Å². The number of halogens is 1. The summed E-state index contributed by atoms with van der Waals surface area (Å²) in [5.74, 6) is -0.0175. The first-order valence-electron chi connectivity index (χ1n) is 8.68. The third kappa shape index (κ3) is 4.31. The average molecular weight is 390 g/mol. The molecule has 0 aliphatic carbocycles. The highest BCUT2D eigenvalue weighted by atomic mass is 35.5. The van der Waals surface area contributed by atoms with Crippen molar-refractivity contribution in [1.82, 2.24) is 0 Å². The minimum Gasteiger partial charge on any atom is -0.495 e. The van der Waals surface area contributed by atoms with E-state index in [1.165, 1.54) is 13.2 Å². The second kappa shape index (κ2) is 8.26. The lowest BCUT2D eigenvalue weighted by molar-refractivity contribution is -0.384. The Balaban J connectivity index is 1.88. The highest BCUT2D eigenvalue weighted by molar-refractivity contribution is 6.31. The summed E-state index contributed by atoms with van der Waals surface area (Å²) in [4.78, 5) is 25.7. The molecule has 27 heavy (non-hydrogen) atoms. The van der Waals surface area contributed by atoms with Crippen LogP contribution in [-0.4, -0.2) is 31.0 Å². The molecule has 0 atom stereocenters. The van der Waals surface area contributed by atoms with Gasteiger partial charge in [-0.25, -0.2) is 0 Å². The number of nitro benzene ring substituents is 1. The molecular weight excluding hydrogens is 370 g/mol. The SMILES string of the molecule is COc1ccc(Cl)cc1NC(=O)c1ccc(N2CCCCC2)c([N+](=O)[O-])c1. The van der Waals surface area contributed by atoms with E-state index in [-0.39, 0.29) is 11.3 Å². The van der Waals surface area contributed by atoms with Gasteiger partial charge in [0.2, 0.25) is 0 Å². The van der Waals surface area contributed by atoms with E-state index in [1.54, 1.807) is 30.3 Å². The Hall–Kier alpha value is -2.80. The molecule has 0 radical (unpaired) electrons. The van der Waals surface area contributed by atoms with Crippen LogP contribution < -0.4 is 15.0 Å². The minimum absolute atomic E-state index is 0.0670. The first-order valence-corrected chi connectivity index (χ1v) is 9.05. The van der Waals surface area contributed by atoms with Crippen LogP contribution in [0.4, 0.5) is 17.1 Å². The molecule has 142 valence electrons. The zero-order chi connectivity index (χ0) is 19.4. The molecule has 0 bridgehead atoms. The van der Waals surface area contributed by atoms with Gasteiger partial charge in [0.05, 0.1) is 17.7 Å². The number of hydrogen-bond donors (Lipinski definition) is 1. The van der Waals surface area contributed by atoms with Crippen molar-refractivity contribution < 1.29 is 14.5 Å². The molecule has 7 nitrogen and oxygen atoms in total. The number of carbonyl (C=O) groups is 1. The molecule has 1 heterocycles. The molecule has 1 aliphatic rings.